The van der Waals surface area contributed by atoms with Gasteiger partial charge in [-0.1, -0.05) is 30.3 Å². The van der Waals surface area contributed by atoms with Gasteiger partial charge in [0.2, 0.25) is 0 Å². The largest absolute Gasteiger partial charge is 0.447 e. The third kappa shape index (κ3) is 6.96. The Morgan fingerprint density at radius 2 is 1.86 bits per heavy atom. The zero-order chi connectivity index (χ0) is 20.6. The fourth-order valence-electron chi connectivity index (χ4n) is 3.57. The molecule has 1 aliphatic heterocycles. The number of hydrogen-bond donors (Lipinski definition) is 3. The van der Waals surface area contributed by atoms with E-state index in [-0.39, 0.29) is 30.4 Å². The van der Waals surface area contributed by atoms with E-state index in [0.29, 0.717) is 12.5 Å². The molecule has 1 aliphatic carbocycles. The number of thioether (sulfide) groups is 1. The highest BCUT2D eigenvalue weighted by molar-refractivity contribution is 8.14. The smallest absolute Gasteiger partial charge is 0.407 e. The average molecular weight is 419 g/mol. The molecule has 3 rings (SSSR count). The molecule has 0 bridgehead atoms. The number of benzene rings is 1. The second kappa shape index (κ2) is 10.5. The molecule has 2 aliphatic rings. The van der Waals surface area contributed by atoms with Crippen molar-refractivity contribution in [2.75, 3.05) is 5.75 Å². The van der Waals surface area contributed by atoms with Crippen LogP contribution in [0.25, 0.3) is 0 Å². The fraction of sp³-hybridized carbons (Fsp3) is 0.571. The molecule has 1 atom stereocenters. The van der Waals surface area contributed by atoms with Crippen LogP contribution in [0.15, 0.2) is 35.3 Å². The van der Waals surface area contributed by atoms with Crippen LogP contribution in [0.2, 0.25) is 0 Å². The van der Waals surface area contributed by atoms with E-state index in [1.807, 2.05) is 44.2 Å². The molecule has 0 radical (unpaired) electrons. The van der Waals surface area contributed by atoms with E-state index in [0.717, 1.165) is 42.0 Å². The first-order valence-corrected chi connectivity index (χ1v) is 11.2. The Labute approximate surface area is 176 Å². The van der Waals surface area contributed by atoms with Gasteiger partial charge in [-0.2, -0.15) is 0 Å². The van der Waals surface area contributed by atoms with Crippen LogP contribution in [-0.2, 0) is 11.3 Å². The Morgan fingerprint density at radius 3 is 2.55 bits per heavy atom. The molecular formula is C21H30N4O3S. The van der Waals surface area contributed by atoms with Crippen molar-refractivity contribution in [1.29, 1.82) is 0 Å². The minimum atomic E-state index is -0.332. The van der Waals surface area contributed by atoms with Crippen molar-refractivity contribution >= 4 is 28.9 Å². The van der Waals surface area contributed by atoms with Gasteiger partial charge in [-0.25, -0.2) is 9.59 Å². The zero-order valence-electron chi connectivity index (χ0n) is 17.0. The van der Waals surface area contributed by atoms with Crippen molar-refractivity contribution in [3.05, 3.63) is 35.9 Å². The highest BCUT2D eigenvalue weighted by Crippen LogP contribution is 2.32. The number of ether oxygens (including phenoxy) is 1. The summed E-state index contributed by atoms with van der Waals surface area (Å²) in [7, 11) is 0. The number of rotatable bonds is 6. The third-order valence-electron chi connectivity index (χ3n) is 5.01. The highest BCUT2D eigenvalue weighted by Gasteiger charge is 2.30. The minimum absolute atomic E-state index is 0.107. The Balaban J connectivity index is 1.38. The number of carbonyl (C=O) groups excluding carboxylic acids is 2. The van der Waals surface area contributed by atoms with Gasteiger partial charge in [-0.05, 0) is 45.1 Å². The molecular weight excluding hydrogens is 388 g/mol. The molecule has 1 aromatic carbocycles. The van der Waals surface area contributed by atoms with Crippen LogP contribution < -0.4 is 16.0 Å². The number of amides is 3. The van der Waals surface area contributed by atoms with Gasteiger partial charge in [0.05, 0.1) is 11.1 Å². The number of aliphatic imine (C=N–C) groups is 1. The summed E-state index contributed by atoms with van der Waals surface area (Å²) in [6.07, 6.45) is 3.21. The van der Waals surface area contributed by atoms with E-state index in [1.165, 1.54) is 0 Å². The van der Waals surface area contributed by atoms with Gasteiger partial charge in [-0.3, -0.25) is 4.99 Å². The maximum Gasteiger partial charge on any atom is 0.407 e. The molecule has 1 saturated carbocycles. The maximum absolute atomic E-state index is 12.1. The van der Waals surface area contributed by atoms with Crippen LogP contribution in [0.1, 0.15) is 45.1 Å². The summed E-state index contributed by atoms with van der Waals surface area (Å²) in [5.41, 5.74) is 1.07. The maximum atomic E-state index is 12.1. The average Bonchev–Trinajstić information content (AvgIpc) is 3.15. The van der Waals surface area contributed by atoms with Crippen molar-refractivity contribution in [3.63, 3.8) is 0 Å². The van der Waals surface area contributed by atoms with E-state index in [9.17, 15) is 9.59 Å². The van der Waals surface area contributed by atoms with Gasteiger partial charge in [0, 0.05) is 24.3 Å². The summed E-state index contributed by atoms with van der Waals surface area (Å²) < 4.78 is 5.15. The van der Waals surface area contributed by atoms with Gasteiger partial charge < -0.3 is 20.7 Å². The second-order valence-corrected chi connectivity index (χ2v) is 8.79. The Bertz CT molecular complexity index is 718. The van der Waals surface area contributed by atoms with E-state index >= 15 is 0 Å². The monoisotopic (exact) mass is 418 g/mol. The zero-order valence-corrected chi connectivity index (χ0v) is 17.8. The van der Waals surface area contributed by atoms with E-state index < -0.39 is 0 Å². The molecule has 1 heterocycles. The molecule has 7 nitrogen and oxygen atoms in total. The number of urea groups is 1. The van der Waals surface area contributed by atoms with Crippen LogP contribution in [0.4, 0.5) is 9.59 Å². The Hall–Kier alpha value is -2.22. The first-order valence-electron chi connectivity index (χ1n) is 10.3. The number of alkyl carbamates (subject to hydrolysis) is 1. The van der Waals surface area contributed by atoms with Gasteiger partial charge >= 0.3 is 12.1 Å². The van der Waals surface area contributed by atoms with Crippen molar-refractivity contribution in [3.8, 4) is 0 Å². The lowest BCUT2D eigenvalue weighted by atomic mass is 9.86. The number of nitrogens with one attached hydrogen (secondary N) is 3. The molecule has 158 valence electrons. The van der Waals surface area contributed by atoms with Crippen LogP contribution in [0, 0.1) is 5.92 Å². The van der Waals surface area contributed by atoms with Crippen LogP contribution in [0.3, 0.4) is 0 Å². The van der Waals surface area contributed by atoms with Gasteiger partial charge in [0.25, 0.3) is 0 Å². The lowest BCUT2D eigenvalue weighted by Gasteiger charge is -2.28. The fourth-order valence-corrected chi connectivity index (χ4v) is 4.73. The number of carbonyl (C=O) groups is 2. The van der Waals surface area contributed by atoms with Crippen molar-refractivity contribution in [1.82, 2.24) is 16.0 Å². The van der Waals surface area contributed by atoms with Gasteiger partial charge in [-0.15, -0.1) is 11.8 Å². The van der Waals surface area contributed by atoms with Gasteiger partial charge in [0.1, 0.15) is 6.17 Å². The lowest BCUT2D eigenvalue weighted by molar-refractivity contribution is 0.109. The summed E-state index contributed by atoms with van der Waals surface area (Å²) in [6, 6.07) is 9.80. The summed E-state index contributed by atoms with van der Waals surface area (Å²) >= 11 is 1.73. The highest BCUT2D eigenvalue weighted by atomic mass is 32.2. The minimum Gasteiger partial charge on any atom is -0.447 e. The van der Waals surface area contributed by atoms with E-state index in [4.69, 9.17) is 9.73 Å². The normalized spacial score (nSPS) is 24.0. The van der Waals surface area contributed by atoms with E-state index in [1.54, 1.807) is 11.8 Å². The Morgan fingerprint density at radius 1 is 1.14 bits per heavy atom. The molecule has 1 unspecified atom stereocenters. The SMILES string of the molecule is CC(C)OC(=O)NC1CCC(C2=NC(NC(=O)NCc3ccccc3)CS2)CC1. The van der Waals surface area contributed by atoms with Crippen LogP contribution >= 0.6 is 11.8 Å². The molecule has 0 spiro atoms. The molecule has 29 heavy (non-hydrogen) atoms. The predicted octanol–water partition coefficient (Wildman–Crippen LogP) is 3.65. The van der Waals surface area contributed by atoms with Crippen LogP contribution in [0.5, 0.6) is 0 Å². The van der Waals surface area contributed by atoms with Crippen LogP contribution in [-0.4, -0.2) is 41.2 Å². The Kier molecular flexibility index (Phi) is 7.80. The molecule has 8 heteroatoms. The molecule has 0 saturated heterocycles. The third-order valence-corrected chi connectivity index (χ3v) is 6.22. The first-order chi connectivity index (χ1) is 14.0. The van der Waals surface area contributed by atoms with E-state index in [2.05, 4.69) is 16.0 Å². The van der Waals surface area contributed by atoms with Crippen molar-refractivity contribution in [2.24, 2.45) is 10.9 Å². The quantitative estimate of drug-likeness (QED) is 0.658. The lowest BCUT2D eigenvalue weighted by Crippen LogP contribution is -2.41. The second-order valence-electron chi connectivity index (χ2n) is 7.75. The van der Waals surface area contributed by atoms with Crippen molar-refractivity contribution < 1.29 is 14.3 Å². The number of hydrogen-bond acceptors (Lipinski definition) is 5. The summed E-state index contributed by atoms with van der Waals surface area (Å²) in [6.45, 7) is 4.19. The molecule has 0 aromatic heterocycles. The first kappa shape index (κ1) is 21.5. The van der Waals surface area contributed by atoms with Crippen molar-refractivity contribution in [2.45, 2.75) is 64.4 Å². The molecule has 3 amide bonds. The standard InChI is InChI=1S/C21H30N4O3S/c1-14(2)28-21(27)23-17-10-8-16(9-11-17)19-24-18(13-29-19)25-20(26)22-12-15-6-4-3-5-7-15/h3-7,14,16-18H,8-13H2,1-2H3,(H,23,27)(H2,22,25,26). The predicted molar refractivity (Wildman–Crippen MR) is 116 cm³/mol. The summed E-state index contributed by atoms with van der Waals surface area (Å²) in [5.74, 6) is 1.19. The number of nitrogens with zero attached hydrogens (tertiary/aromatic N) is 1. The molecule has 1 fully saturated rings. The summed E-state index contributed by atoms with van der Waals surface area (Å²) in [4.78, 5) is 28.6. The molecule has 3 N–H and O–H groups in total. The molecule has 1 aromatic rings. The topological polar surface area (TPSA) is 91.8 Å². The summed E-state index contributed by atoms with van der Waals surface area (Å²) in [5, 5.41) is 9.89. The van der Waals surface area contributed by atoms with Gasteiger partial charge in [0.15, 0.2) is 0 Å².